The van der Waals surface area contributed by atoms with Crippen molar-refractivity contribution in [3.8, 4) is 50.2 Å². The molecule has 0 saturated carbocycles. The molecular weight excluding hydrogens is 785 g/mol. The number of fused-ring (bicyclic) bond motifs is 5. The van der Waals surface area contributed by atoms with Crippen LogP contribution in [0.4, 0.5) is 17.1 Å². The van der Waals surface area contributed by atoms with E-state index < -0.39 is 0 Å². The van der Waals surface area contributed by atoms with Crippen LogP contribution >= 0.6 is 0 Å². The highest BCUT2D eigenvalue weighted by molar-refractivity contribution is 6.10. The standard InChI is InChI=1S/C63H48N2/c1-63(2)59-22-11-9-20-55(59)56-38-37-54(42-60(56)63)64(51-31-24-45(25-32-51)43-14-5-3-6-15-43)52-33-28-47(29-34-52)48-18-13-19-49(40-48)50-30-39-62-58(41-50)57-21-10-12-23-61(57)65(62)53-35-26-46(27-36-53)44-16-7-4-8-17-44/h3-8,10-19,21-42H,9,20H2,1-2H3. The van der Waals surface area contributed by atoms with Gasteiger partial charge in [0.1, 0.15) is 0 Å². The maximum Gasteiger partial charge on any atom is 0.0541 e. The van der Waals surface area contributed by atoms with E-state index in [9.17, 15) is 0 Å². The van der Waals surface area contributed by atoms with Gasteiger partial charge < -0.3 is 9.47 Å². The fourth-order valence-electron chi connectivity index (χ4n) is 10.6. The van der Waals surface area contributed by atoms with Gasteiger partial charge in [-0.1, -0.05) is 172 Å². The minimum atomic E-state index is -0.0496. The second kappa shape index (κ2) is 15.7. The summed E-state index contributed by atoms with van der Waals surface area (Å²) in [6.07, 6.45) is 6.93. The smallest absolute Gasteiger partial charge is 0.0541 e. The van der Waals surface area contributed by atoms with Crippen molar-refractivity contribution < 1.29 is 0 Å². The third-order valence-corrected chi connectivity index (χ3v) is 13.9. The van der Waals surface area contributed by atoms with Gasteiger partial charge in [-0.3, -0.25) is 0 Å². The van der Waals surface area contributed by atoms with Crippen LogP contribution in [-0.2, 0) is 5.41 Å². The number of benzene rings is 9. The minimum Gasteiger partial charge on any atom is -0.310 e. The molecule has 0 N–H and O–H groups in total. The van der Waals surface area contributed by atoms with Crippen LogP contribution in [0.3, 0.4) is 0 Å². The van der Waals surface area contributed by atoms with Gasteiger partial charge in [0.05, 0.1) is 11.0 Å². The molecular formula is C63H48N2. The van der Waals surface area contributed by atoms with Crippen molar-refractivity contribution in [1.82, 2.24) is 4.57 Å². The number of aromatic nitrogens is 1. The number of allylic oxidation sites excluding steroid dienone is 4. The molecule has 10 aromatic rings. The maximum absolute atomic E-state index is 2.44. The molecule has 1 aromatic heterocycles. The SMILES string of the molecule is CC1(C)C2=C(CCC=C2)c2ccc(N(c3ccc(-c4ccccc4)cc3)c3ccc(-c4cccc(-c5ccc6c(c5)c5ccccc5n6-c5ccc(-c6ccccc6)cc5)c4)cc3)cc21. The van der Waals surface area contributed by atoms with Gasteiger partial charge >= 0.3 is 0 Å². The molecule has 9 aromatic carbocycles. The number of para-hydroxylation sites is 1. The third kappa shape index (κ3) is 6.73. The Morgan fingerprint density at radius 3 is 1.60 bits per heavy atom. The summed E-state index contributed by atoms with van der Waals surface area (Å²) < 4.78 is 2.40. The van der Waals surface area contributed by atoms with Gasteiger partial charge in [-0.25, -0.2) is 0 Å². The lowest BCUT2D eigenvalue weighted by Crippen LogP contribution is -2.18. The Morgan fingerprint density at radius 1 is 0.415 bits per heavy atom. The van der Waals surface area contributed by atoms with Crippen LogP contribution in [0.25, 0.3) is 77.6 Å². The zero-order valence-electron chi connectivity index (χ0n) is 36.7. The van der Waals surface area contributed by atoms with E-state index in [4.69, 9.17) is 0 Å². The molecule has 0 bridgehead atoms. The molecule has 0 saturated heterocycles. The summed E-state index contributed by atoms with van der Waals surface area (Å²) >= 11 is 0. The average molecular weight is 833 g/mol. The number of hydrogen-bond acceptors (Lipinski definition) is 1. The Hall–Kier alpha value is -7.94. The zero-order chi connectivity index (χ0) is 43.5. The first-order chi connectivity index (χ1) is 32.0. The highest BCUT2D eigenvalue weighted by atomic mass is 15.1. The van der Waals surface area contributed by atoms with Gasteiger partial charge in [-0.05, 0) is 152 Å². The second-order valence-corrected chi connectivity index (χ2v) is 18.1. The minimum absolute atomic E-state index is 0.0496. The van der Waals surface area contributed by atoms with Gasteiger partial charge in [0.25, 0.3) is 0 Å². The van der Waals surface area contributed by atoms with E-state index in [2.05, 4.69) is 254 Å². The average Bonchev–Trinajstić information content (AvgIpc) is 3.82. The molecule has 0 amide bonds. The van der Waals surface area contributed by atoms with Crippen molar-refractivity contribution >= 4 is 44.4 Å². The lowest BCUT2D eigenvalue weighted by molar-refractivity contribution is 0.651. The lowest BCUT2D eigenvalue weighted by atomic mass is 9.80. The van der Waals surface area contributed by atoms with Crippen LogP contribution in [0, 0.1) is 0 Å². The molecule has 2 nitrogen and oxygen atoms in total. The number of hydrogen-bond donors (Lipinski definition) is 0. The van der Waals surface area contributed by atoms with E-state index in [1.807, 2.05) is 0 Å². The van der Waals surface area contributed by atoms with E-state index >= 15 is 0 Å². The van der Waals surface area contributed by atoms with Crippen molar-refractivity contribution in [2.75, 3.05) is 4.90 Å². The molecule has 2 aliphatic carbocycles. The molecule has 0 unspecified atom stereocenters. The van der Waals surface area contributed by atoms with Crippen LogP contribution in [0.1, 0.15) is 37.8 Å². The summed E-state index contributed by atoms with van der Waals surface area (Å²) in [5.41, 5.74) is 22.4. The molecule has 1 heterocycles. The number of nitrogens with zero attached hydrogens (tertiary/aromatic N) is 2. The van der Waals surface area contributed by atoms with Gasteiger partial charge in [0.15, 0.2) is 0 Å². The highest BCUT2D eigenvalue weighted by Crippen LogP contribution is 2.52. The topological polar surface area (TPSA) is 8.17 Å². The van der Waals surface area contributed by atoms with Gasteiger partial charge in [0.2, 0.25) is 0 Å². The molecule has 0 fully saturated rings. The van der Waals surface area contributed by atoms with Crippen molar-refractivity contribution in [2.45, 2.75) is 32.1 Å². The van der Waals surface area contributed by atoms with Gasteiger partial charge in [-0.15, -0.1) is 0 Å². The Balaban J connectivity index is 0.887. The fraction of sp³-hybridized carbons (Fsp3) is 0.0794. The van der Waals surface area contributed by atoms with E-state index in [-0.39, 0.29) is 5.41 Å². The summed E-state index contributed by atoms with van der Waals surface area (Å²) in [5.74, 6) is 0. The quantitative estimate of drug-likeness (QED) is 0.148. The molecule has 310 valence electrons. The van der Waals surface area contributed by atoms with Crippen molar-refractivity contribution in [3.05, 3.63) is 247 Å². The molecule has 0 aliphatic heterocycles. The molecule has 0 atom stereocenters. The largest absolute Gasteiger partial charge is 0.310 e. The van der Waals surface area contributed by atoms with E-state index in [1.54, 1.807) is 0 Å². The second-order valence-electron chi connectivity index (χ2n) is 18.1. The Labute approximate surface area is 381 Å². The highest BCUT2D eigenvalue weighted by Gasteiger charge is 2.37. The predicted molar refractivity (Wildman–Crippen MR) is 276 cm³/mol. The number of rotatable bonds is 8. The normalized spacial score (nSPS) is 13.9. The monoisotopic (exact) mass is 832 g/mol. The molecule has 0 spiro atoms. The van der Waals surface area contributed by atoms with Crippen molar-refractivity contribution in [3.63, 3.8) is 0 Å². The van der Waals surface area contributed by atoms with Crippen LogP contribution in [0.15, 0.2) is 236 Å². The van der Waals surface area contributed by atoms with Crippen LogP contribution in [0.2, 0.25) is 0 Å². The summed E-state index contributed by atoms with van der Waals surface area (Å²) in [6, 6.07) is 80.2. The molecule has 2 aliphatic rings. The van der Waals surface area contributed by atoms with Gasteiger partial charge in [-0.2, -0.15) is 0 Å². The molecule has 12 rings (SSSR count). The Bertz CT molecular complexity index is 3460. The summed E-state index contributed by atoms with van der Waals surface area (Å²) in [6.45, 7) is 4.77. The molecule has 65 heavy (non-hydrogen) atoms. The summed E-state index contributed by atoms with van der Waals surface area (Å²) in [4.78, 5) is 2.42. The molecule has 0 radical (unpaired) electrons. The summed E-state index contributed by atoms with van der Waals surface area (Å²) in [5, 5.41) is 2.50. The fourth-order valence-corrected chi connectivity index (χ4v) is 10.6. The first kappa shape index (κ1) is 38.7. The van der Waals surface area contributed by atoms with Crippen LogP contribution in [0.5, 0.6) is 0 Å². The third-order valence-electron chi connectivity index (χ3n) is 13.9. The number of anilines is 3. The molecule has 2 heteroatoms. The van der Waals surface area contributed by atoms with Gasteiger partial charge in [0, 0.05) is 38.9 Å². The van der Waals surface area contributed by atoms with Crippen molar-refractivity contribution in [2.24, 2.45) is 0 Å². The van der Waals surface area contributed by atoms with E-state index in [0.717, 1.165) is 29.9 Å². The van der Waals surface area contributed by atoms with E-state index in [0.29, 0.717) is 0 Å². The predicted octanol–water partition coefficient (Wildman–Crippen LogP) is 17.3. The Morgan fingerprint density at radius 2 is 0.923 bits per heavy atom. The lowest BCUT2D eigenvalue weighted by Gasteiger charge is -2.29. The van der Waals surface area contributed by atoms with Crippen LogP contribution in [-0.4, -0.2) is 4.57 Å². The maximum atomic E-state index is 2.44. The van der Waals surface area contributed by atoms with E-state index in [1.165, 1.54) is 94.3 Å². The summed E-state index contributed by atoms with van der Waals surface area (Å²) in [7, 11) is 0. The Kier molecular flexibility index (Phi) is 9.35. The first-order valence-corrected chi connectivity index (χ1v) is 22.9. The zero-order valence-corrected chi connectivity index (χ0v) is 36.7. The first-order valence-electron chi connectivity index (χ1n) is 22.9. The van der Waals surface area contributed by atoms with Crippen LogP contribution < -0.4 is 4.90 Å². The van der Waals surface area contributed by atoms with Crippen molar-refractivity contribution in [1.29, 1.82) is 0 Å².